The molecule has 4 aromatic rings. The van der Waals surface area contributed by atoms with Crippen LogP contribution in [0, 0.1) is 5.82 Å². The molecule has 0 aliphatic carbocycles. The Morgan fingerprint density at radius 2 is 2.00 bits per heavy atom. The first kappa shape index (κ1) is 25.1. The Labute approximate surface area is 219 Å². The van der Waals surface area contributed by atoms with E-state index >= 15 is 0 Å². The molecule has 1 atom stereocenters. The van der Waals surface area contributed by atoms with Crippen LogP contribution in [0.15, 0.2) is 67.5 Å². The fourth-order valence-electron chi connectivity index (χ4n) is 4.82. The molecule has 3 N–H and O–H groups in total. The Bertz CT molecular complexity index is 1500. The van der Waals surface area contributed by atoms with Crippen molar-refractivity contribution in [2.45, 2.75) is 25.3 Å². The highest BCUT2D eigenvalue weighted by atomic mass is 19.1. The number of hydrogen-bond acceptors (Lipinski definition) is 6. The Morgan fingerprint density at radius 1 is 1.18 bits per heavy atom. The summed E-state index contributed by atoms with van der Waals surface area (Å²) in [6, 6.07) is 13.3. The van der Waals surface area contributed by atoms with E-state index in [2.05, 4.69) is 21.9 Å². The highest BCUT2D eigenvalue weighted by molar-refractivity contribution is 6.00. The summed E-state index contributed by atoms with van der Waals surface area (Å²) in [5, 5.41) is 8.40. The molecule has 0 unspecified atom stereocenters. The molecule has 0 saturated carbocycles. The van der Waals surface area contributed by atoms with Crippen molar-refractivity contribution >= 4 is 28.7 Å². The maximum Gasteiger partial charge on any atom is 0.251 e. The highest BCUT2D eigenvalue weighted by Gasteiger charge is 2.28. The van der Waals surface area contributed by atoms with E-state index in [1.807, 2.05) is 10.7 Å². The number of nitrogens with one attached hydrogen (secondary N) is 1. The maximum atomic E-state index is 13.1. The molecule has 38 heavy (non-hydrogen) atoms. The highest BCUT2D eigenvalue weighted by Crippen LogP contribution is 2.34. The maximum absolute atomic E-state index is 13.1. The van der Waals surface area contributed by atoms with Gasteiger partial charge in [0, 0.05) is 30.8 Å². The van der Waals surface area contributed by atoms with Crippen LogP contribution in [0.4, 0.5) is 10.2 Å². The molecule has 5 rings (SSSR count). The number of amides is 2. The summed E-state index contributed by atoms with van der Waals surface area (Å²) in [6.45, 7) is 5.17. The molecule has 0 bridgehead atoms. The number of nitrogens with two attached hydrogens (primary N) is 1. The number of aromatic nitrogens is 4. The summed E-state index contributed by atoms with van der Waals surface area (Å²) in [6.07, 6.45) is 4.97. The van der Waals surface area contributed by atoms with Gasteiger partial charge in [0.15, 0.2) is 5.65 Å². The second-order valence-corrected chi connectivity index (χ2v) is 9.25. The fraction of sp³-hybridized carbons (Fsp3) is 0.250. The predicted molar refractivity (Wildman–Crippen MR) is 143 cm³/mol. The van der Waals surface area contributed by atoms with E-state index in [4.69, 9.17) is 10.8 Å². The zero-order chi connectivity index (χ0) is 26.6. The van der Waals surface area contributed by atoms with Gasteiger partial charge in [0.25, 0.3) is 5.91 Å². The molecular formula is C28H28FN7O2. The zero-order valence-corrected chi connectivity index (χ0v) is 20.8. The minimum atomic E-state index is -0.290. The number of likely N-dealkylation sites (tertiary alicyclic amines) is 1. The molecule has 1 aliphatic heterocycles. The second-order valence-electron chi connectivity index (χ2n) is 9.25. The van der Waals surface area contributed by atoms with Crippen LogP contribution in [-0.4, -0.2) is 56.1 Å². The zero-order valence-electron chi connectivity index (χ0n) is 20.8. The summed E-state index contributed by atoms with van der Waals surface area (Å²) in [5.74, 6) is -0.339. The van der Waals surface area contributed by atoms with Gasteiger partial charge >= 0.3 is 0 Å². The molecule has 2 aromatic carbocycles. The van der Waals surface area contributed by atoms with Crippen molar-refractivity contribution in [3.63, 3.8) is 0 Å². The summed E-state index contributed by atoms with van der Waals surface area (Å²) in [4.78, 5) is 35.5. The molecule has 9 nitrogen and oxygen atoms in total. The number of benzene rings is 2. The number of piperidine rings is 1. The minimum absolute atomic E-state index is 0.0869. The van der Waals surface area contributed by atoms with Gasteiger partial charge in [-0.05, 0) is 55.2 Å². The Kier molecular flexibility index (Phi) is 7.12. The Morgan fingerprint density at radius 3 is 2.79 bits per heavy atom. The van der Waals surface area contributed by atoms with Gasteiger partial charge < -0.3 is 16.0 Å². The number of halogens is 1. The first-order valence-electron chi connectivity index (χ1n) is 12.5. The molecule has 194 valence electrons. The van der Waals surface area contributed by atoms with E-state index in [9.17, 15) is 14.0 Å². The predicted octanol–water partition coefficient (Wildman–Crippen LogP) is 3.54. The van der Waals surface area contributed by atoms with Crippen LogP contribution in [0.2, 0.25) is 0 Å². The number of fused-ring (bicyclic) bond motifs is 1. The molecule has 0 spiro atoms. The molecule has 10 heteroatoms. The van der Waals surface area contributed by atoms with Crippen molar-refractivity contribution < 1.29 is 14.0 Å². The van der Waals surface area contributed by atoms with Crippen LogP contribution < -0.4 is 11.1 Å². The molecule has 0 radical (unpaired) electrons. The summed E-state index contributed by atoms with van der Waals surface area (Å²) in [5.41, 5.74) is 9.55. The smallest absolute Gasteiger partial charge is 0.251 e. The van der Waals surface area contributed by atoms with E-state index in [0.29, 0.717) is 59.7 Å². The average molecular weight is 514 g/mol. The van der Waals surface area contributed by atoms with Gasteiger partial charge in [-0.2, -0.15) is 5.10 Å². The second kappa shape index (κ2) is 10.8. The van der Waals surface area contributed by atoms with E-state index < -0.39 is 0 Å². The fourth-order valence-corrected chi connectivity index (χ4v) is 4.82. The molecule has 1 aliphatic rings. The standard InChI is InChI=1S/C28H28FN7O2/c1-2-23(37)35-14-4-7-22(16-35)36-27-24(26(30)32-17-33-27)25(34-36)19-5-3-6-20(15-19)28(38)31-13-12-18-8-10-21(29)11-9-18/h2-3,5-6,8-11,15,17,22H,1,4,7,12-14,16H2,(H,31,38)(H2,30,32,33)/t22-/m1/s1. The monoisotopic (exact) mass is 513 g/mol. The number of nitrogen functional groups attached to an aromatic ring is 1. The molecular weight excluding hydrogens is 485 g/mol. The van der Waals surface area contributed by atoms with E-state index in [0.717, 1.165) is 18.4 Å². The third-order valence-corrected chi connectivity index (χ3v) is 6.76. The molecule has 1 saturated heterocycles. The topological polar surface area (TPSA) is 119 Å². The van der Waals surface area contributed by atoms with Gasteiger partial charge in [-0.3, -0.25) is 9.59 Å². The van der Waals surface area contributed by atoms with Crippen molar-refractivity contribution in [1.29, 1.82) is 0 Å². The third kappa shape index (κ3) is 5.10. The van der Waals surface area contributed by atoms with Crippen LogP contribution in [0.1, 0.15) is 34.8 Å². The number of hydrogen-bond donors (Lipinski definition) is 2. The third-order valence-electron chi connectivity index (χ3n) is 6.76. The lowest BCUT2D eigenvalue weighted by atomic mass is 10.1. The summed E-state index contributed by atoms with van der Waals surface area (Å²) in [7, 11) is 0. The van der Waals surface area contributed by atoms with Crippen molar-refractivity contribution in [1.82, 2.24) is 30.0 Å². The Hall–Kier alpha value is -4.60. The van der Waals surface area contributed by atoms with Gasteiger partial charge in [0.2, 0.25) is 5.91 Å². The first-order chi connectivity index (χ1) is 18.4. The van der Waals surface area contributed by atoms with E-state index in [1.165, 1.54) is 24.5 Å². The number of carbonyl (C=O) groups is 2. The lowest BCUT2D eigenvalue weighted by Gasteiger charge is -2.32. The van der Waals surface area contributed by atoms with Crippen molar-refractivity contribution in [3.8, 4) is 11.3 Å². The number of rotatable bonds is 7. The Balaban J connectivity index is 1.41. The quantitative estimate of drug-likeness (QED) is 0.365. The van der Waals surface area contributed by atoms with Gasteiger partial charge in [0.05, 0.1) is 11.4 Å². The summed E-state index contributed by atoms with van der Waals surface area (Å²) >= 11 is 0. The number of carbonyl (C=O) groups excluding carboxylic acids is 2. The van der Waals surface area contributed by atoms with Crippen LogP contribution in [-0.2, 0) is 11.2 Å². The van der Waals surface area contributed by atoms with E-state index in [1.54, 1.807) is 35.2 Å². The molecule has 2 aromatic heterocycles. The van der Waals surface area contributed by atoms with Crippen molar-refractivity contribution in [3.05, 3.63) is 84.5 Å². The molecule has 1 fully saturated rings. The van der Waals surface area contributed by atoms with Crippen molar-refractivity contribution in [2.75, 3.05) is 25.4 Å². The van der Waals surface area contributed by atoms with Crippen LogP contribution in [0.5, 0.6) is 0 Å². The first-order valence-corrected chi connectivity index (χ1v) is 12.5. The van der Waals surface area contributed by atoms with Gasteiger partial charge in [0.1, 0.15) is 23.7 Å². The molecule has 2 amide bonds. The van der Waals surface area contributed by atoms with Crippen molar-refractivity contribution in [2.24, 2.45) is 0 Å². The summed E-state index contributed by atoms with van der Waals surface area (Å²) < 4.78 is 14.9. The van der Waals surface area contributed by atoms with Gasteiger partial charge in [-0.1, -0.05) is 30.8 Å². The SMILES string of the molecule is C=CC(=O)N1CCC[C@@H](n2nc(-c3cccc(C(=O)NCCc4ccc(F)cc4)c3)c3c(N)ncnc32)C1. The normalized spacial score (nSPS) is 15.4. The van der Waals surface area contributed by atoms with Crippen LogP contribution in [0.3, 0.4) is 0 Å². The minimum Gasteiger partial charge on any atom is -0.383 e. The number of nitrogens with zero attached hydrogens (tertiary/aromatic N) is 5. The lowest BCUT2D eigenvalue weighted by molar-refractivity contribution is -0.127. The van der Waals surface area contributed by atoms with E-state index in [-0.39, 0.29) is 23.7 Å². The molecule has 3 heterocycles. The largest absolute Gasteiger partial charge is 0.383 e. The average Bonchev–Trinajstić information content (AvgIpc) is 3.35. The lowest BCUT2D eigenvalue weighted by Crippen LogP contribution is -2.40. The number of anilines is 1. The van der Waals surface area contributed by atoms with Gasteiger partial charge in [-0.25, -0.2) is 19.0 Å². The van der Waals surface area contributed by atoms with Crippen LogP contribution >= 0.6 is 0 Å². The van der Waals surface area contributed by atoms with Crippen LogP contribution in [0.25, 0.3) is 22.3 Å². The van der Waals surface area contributed by atoms with Gasteiger partial charge in [-0.15, -0.1) is 0 Å².